The van der Waals surface area contributed by atoms with Gasteiger partial charge in [-0.15, -0.1) is 0 Å². The summed E-state index contributed by atoms with van der Waals surface area (Å²) in [5.74, 6) is -0.0824. The number of rotatable bonds is 7. The van der Waals surface area contributed by atoms with E-state index in [0.717, 1.165) is 37.0 Å². The number of fused-ring (bicyclic) bond motifs is 1. The number of primary amides is 1. The van der Waals surface area contributed by atoms with Crippen molar-refractivity contribution in [2.75, 3.05) is 23.3 Å². The lowest BCUT2D eigenvalue weighted by molar-refractivity contribution is 0.0987. The van der Waals surface area contributed by atoms with Crippen molar-refractivity contribution in [2.24, 2.45) is 5.73 Å². The number of para-hydroxylation sites is 2. The Morgan fingerprint density at radius 1 is 0.943 bits per heavy atom. The number of carbonyl (C=O) groups excluding carboxylic acids is 2. The van der Waals surface area contributed by atoms with Crippen LogP contribution in [0, 0.1) is 0 Å². The molecule has 0 spiro atoms. The third-order valence-electron chi connectivity index (χ3n) is 6.26. The fourth-order valence-corrected chi connectivity index (χ4v) is 4.48. The maximum Gasteiger partial charge on any atom is 0.291 e. The Labute approximate surface area is 203 Å². The number of nitrogens with one attached hydrogen (secondary N) is 1. The number of amides is 2. The van der Waals surface area contributed by atoms with E-state index < -0.39 is 11.8 Å². The summed E-state index contributed by atoms with van der Waals surface area (Å²) in [6, 6.07) is 22.1. The van der Waals surface area contributed by atoms with E-state index >= 15 is 0 Å². The quantitative estimate of drug-likeness (QED) is 0.380. The molecule has 2 heterocycles. The summed E-state index contributed by atoms with van der Waals surface area (Å²) >= 11 is 0. The molecule has 35 heavy (non-hydrogen) atoms. The van der Waals surface area contributed by atoms with Crippen LogP contribution in [-0.2, 0) is 6.61 Å². The van der Waals surface area contributed by atoms with Gasteiger partial charge in [0.2, 0.25) is 5.91 Å². The molecule has 1 aliphatic heterocycles. The van der Waals surface area contributed by atoms with Crippen molar-refractivity contribution in [3.63, 3.8) is 0 Å². The van der Waals surface area contributed by atoms with Crippen LogP contribution in [0.4, 0.5) is 11.4 Å². The minimum Gasteiger partial charge on any atom is -0.489 e. The molecule has 1 saturated heterocycles. The van der Waals surface area contributed by atoms with Crippen LogP contribution < -0.4 is 20.7 Å². The van der Waals surface area contributed by atoms with Gasteiger partial charge >= 0.3 is 0 Å². The number of nitrogens with zero attached hydrogens (tertiary/aromatic N) is 1. The normalized spacial score (nSPS) is 13.5. The average molecular weight is 470 g/mol. The summed E-state index contributed by atoms with van der Waals surface area (Å²) in [7, 11) is 0. The van der Waals surface area contributed by atoms with Crippen molar-refractivity contribution < 1.29 is 18.7 Å². The Kier molecular flexibility index (Phi) is 6.39. The lowest BCUT2D eigenvalue weighted by Crippen LogP contribution is -2.30. The molecule has 3 aromatic carbocycles. The lowest BCUT2D eigenvalue weighted by atomic mass is 10.1. The summed E-state index contributed by atoms with van der Waals surface area (Å²) in [6.45, 7) is 1.95. The van der Waals surface area contributed by atoms with Crippen LogP contribution in [0.5, 0.6) is 5.75 Å². The van der Waals surface area contributed by atoms with Crippen LogP contribution in [0.2, 0.25) is 0 Å². The first-order chi connectivity index (χ1) is 17.1. The van der Waals surface area contributed by atoms with Crippen LogP contribution in [0.3, 0.4) is 0 Å². The van der Waals surface area contributed by atoms with E-state index in [1.54, 1.807) is 12.1 Å². The smallest absolute Gasteiger partial charge is 0.291 e. The van der Waals surface area contributed by atoms with Crippen LogP contribution in [0.25, 0.3) is 11.0 Å². The summed E-state index contributed by atoms with van der Waals surface area (Å²) < 4.78 is 11.9. The lowest BCUT2D eigenvalue weighted by Gasteiger charge is -2.30. The van der Waals surface area contributed by atoms with Crippen molar-refractivity contribution in [1.29, 1.82) is 0 Å². The number of carbonyl (C=O) groups is 2. The summed E-state index contributed by atoms with van der Waals surface area (Å²) in [5.41, 5.74) is 8.51. The summed E-state index contributed by atoms with van der Waals surface area (Å²) in [4.78, 5) is 27.6. The van der Waals surface area contributed by atoms with Crippen molar-refractivity contribution in [1.82, 2.24) is 0 Å². The molecule has 0 bridgehead atoms. The highest BCUT2D eigenvalue weighted by Crippen LogP contribution is 2.32. The molecule has 1 fully saturated rings. The first-order valence-corrected chi connectivity index (χ1v) is 11.8. The fourth-order valence-electron chi connectivity index (χ4n) is 4.48. The molecule has 0 unspecified atom stereocenters. The predicted octanol–water partition coefficient (Wildman–Crippen LogP) is 5.35. The second-order valence-electron chi connectivity index (χ2n) is 8.61. The minimum absolute atomic E-state index is 0.171. The van der Waals surface area contributed by atoms with Crippen LogP contribution in [0.1, 0.15) is 45.7 Å². The molecule has 0 radical (unpaired) electrons. The van der Waals surface area contributed by atoms with E-state index in [9.17, 15) is 9.59 Å². The fraction of sp³-hybridized carbons (Fsp3) is 0.214. The molecule has 2 amide bonds. The number of anilines is 2. The van der Waals surface area contributed by atoms with Gasteiger partial charge in [-0.05, 0) is 55.7 Å². The molecule has 3 N–H and O–H groups in total. The Balaban J connectivity index is 1.48. The van der Waals surface area contributed by atoms with E-state index in [1.165, 1.54) is 6.42 Å². The molecule has 4 aromatic rings. The summed E-state index contributed by atoms with van der Waals surface area (Å²) in [5, 5.41) is 3.80. The number of benzene rings is 3. The van der Waals surface area contributed by atoms with Gasteiger partial charge in [0.1, 0.15) is 17.9 Å². The molecule has 0 aliphatic carbocycles. The van der Waals surface area contributed by atoms with Crippen LogP contribution in [-0.4, -0.2) is 24.9 Å². The van der Waals surface area contributed by atoms with E-state index in [1.807, 2.05) is 60.7 Å². The van der Waals surface area contributed by atoms with Gasteiger partial charge < -0.3 is 25.1 Å². The van der Waals surface area contributed by atoms with Gasteiger partial charge in [-0.3, -0.25) is 9.59 Å². The Hall–Kier alpha value is -4.26. The number of nitrogens with two attached hydrogens (primary N) is 1. The number of furan rings is 1. The maximum absolute atomic E-state index is 13.5. The number of hydrogen-bond donors (Lipinski definition) is 2. The third kappa shape index (κ3) is 4.84. The van der Waals surface area contributed by atoms with Gasteiger partial charge in [0, 0.05) is 29.6 Å². The third-order valence-corrected chi connectivity index (χ3v) is 6.26. The molecule has 0 saturated carbocycles. The first kappa shape index (κ1) is 22.5. The number of piperidine rings is 1. The van der Waals surface area contributed by atoms with Crippen molar-refractivity contribution >= 4 is 34.2 Å². The average Bonchev–Trinajstić information content (AvgIpc) is 3.27. The predicted molar refractivity (Wildman–Crippen MR) is 136 cm³/mol. The molecule has 5 rings (SSSR count). The Morgan fingerprint density at radius 3 is 2.46 bits per heavy atom. The standard InChI is InChI=1S/C28H27N3O4/c29-27(32)19-13-14-24(31-15-7-2-8-16-31)23(17-19)30-28(33)26-22(18-34-20-9-3-1-4-10-20)21-11-5-6-12-25(21)35-26/h1,3-6,9-14,17H,2,7-8,15-16,18H2,(H2,29,32)(H,30,33). The highest BCUT2D eigenvalue weighted by Gasteiger charge is 2.24. The topological polar surface area (TPSA) is 97.8 Å². The summed E-state index contributed by atoms with van der Waals surface area (Å²) in [6.07, 6.45) is 3.34. The van der Waals surface area contributed by atoms with Crippen LogP contribution >= 0.6 is 0 Å². The number of hydrogen-bond acceptors (Lipinski definition) is 5. The maximum atomic E-state index is 13.5. The zero-order chi connectivity index (χ0) is 24.2. The van der Waals surface area contributed by atoms with Gasteiger partial charge in [-0.2, -0.15) is 0 Å². The van der Waals surface area contributed by atoms with E-state index in [-0.39, 0.29) is 12.4 Å². The largest absolute Gasteiger partial charge is 0.489 e. The second-order valence-corrected chi connectivity index (χ2v) is 8.61. The van der Waals surface area contributed by atoms with Gasteiger partial charge in [0.05, 0.1) is 11.4 Å². The molecule has 1 aromatic heterocycles. The van der Waals surface area contributed by atoms with E-state index in [4.69, 9.17) is 14.9 Å². The molecule has 1 aliphatic rings. The molecule has 178 valence electrons. The number of ether oxygens (including phenoxy) is 1. The molecule has 7 heteroatoms. The SMILES string of the molecule is NC(=O)c1ccc(N2CCCCC2)c(NC(=O)c2oc3ccccc3c2COc2ccccc2)c1. The molecular formula is C28H27N3O4. The molecular weight excluding hydrogens is 442 g/mol. The molecule has 0 atom stereocenters. The first-order valence-electron chi connectivity index (χ1n) is 11.8. The van der Waals surface area contributed by atoms with Gasteiger partial charge in [-0.1, -0.05) is 36.4 Å². The Morgan fingerprint density at radius 2 is 1.69 bits per heavy atom. The minimum atomic E-state index is -0.550. The van der Waals surface area contributed by atoms with E-state index in [0.29, 0.717) is 28.1 Å². The monoisotopic (exact) mass is 469 g/mol. The van der Waals surface area contributed by atoms with Gasteiger partial charge in [0.25, 0.3) is 5.91 Å². The van der Waals surface area contributed by atoms with Crippen molar-refractivity contribution in [3.8, 4) is 5.75 Å². The zero-order valence-corrected chi connectivity index (χ0v) is 19.3. The van der Waals surface area contributed by atoms with Gasteiger partial charge in [-0.25, -0.2) is 0 Å². The van der Waals surface area contributed by atoms with Crippen LogP contribution in [0.15, 0.2) is 77.2 Å². The van der Waals surface area contributed by atoms with Crippen molar-refractivity contribution in [2.45, 2.75) is 25.9 Å². The van der Waals surface area contributed by atoms with Gasteiger partial charge in [0.15, 0.2) is 5.76 Å². The van der Waals surface area contributed by atoms with E-state index in [2.05, 4.69) is 10.2 Å². The highest BCUT2D eigenvalue weighted by atomic mass is 16.5. The van der Waals surface area contributed by atoms with Crippen molar-refractivity contribution in [3.05, 3.63) is 89.7 Å². The highest BCUT2D eigenvalue weighted by molar-refractivity contribution is 6.08. The second kappa shape index (κ2) is 9.93. The zero-order valence-electron chi connectivity index (χ0n) is 19.3. The molecule has 7 nitrogen and oxygen atoms in total. The Bertz CT molecular complexity index is 1360.